The molecular formula is C12H16N2O2. The number of aryl methyl sites for hydroxylation is 3. The summed E-state index contributed by atoms with van der Waals surface area (Å²) in [5, 5.41) is 14.0. The van der Waals surface area contributed by atoms with Crippen LogP contribution in [-0.4, -0.2) is 14.9 Å². The Labute approximate surface area is 94.5 Å². The lowest BCUT2D eigenvalue weighted by Gasteiger charge is -2.07. The van der Waals surface area contributed by atoms with Gasteiger partial charge in [0.2, 0.25) is 0 Å². The maximum absolute atomic E-state index is 9.94. The second-order valence-corrected chi connectivity index (χ2v) is 4.04. The molecule has 0 aromatic carbocycles. The Hall–Kier alpha value is -1.55. The van der Waals surface area contributed by atoms with E-state index in [-0.39, 0.29) is 0 Å². The summed E-state index contributed by atoms with van der Waals surface area (Å²) in [5.41, 5.74) is 2.13. The lowest BCUT2D eigenvalue weighted by atomic mass is 10.1. The standard InChI is InChI=1S/C12H16N2O2/c1-9-5-6-16-12(9)11(15)4-3-10-7-13-14(2)8-10/h5-8,11,15H,3-4H2,1-2H3. The molecule has 16 heavy (non-hydrogen) atoms. The fourth-order valence-electron chi connectivity index (χ4n) is 1.76. The summed E-state index contributed by atoms with van der Waals surface area (Å²) in [6.45, 7) is 1.94. The molecule has 2 heterocycles. The molecule has 1 atom stereocenters. The number of aliphatic hydroxyl groups is 1. The summed E-state index contributed by atoms with van der Waals surface area (Å²) >= 11 is 0. The summed E-state index contributed by atoms with van der Waals surface area (Å²) in [6.07, 6.45) is 6.31. The number of hydrogen-bond donors (Lipinski definition) is 1. The number of rotatable bonds is 4. The molecule has 0 aliphatic carbocycles. The Morgan fingerprint density at radius 1 is 1.56 bits per heavy atom. The van der Waals surface area contributed by atoms with Crippen LogP contribution in [0.15, 0.2) is 29.1 Å². The molecule has 0 saturated carbocycles. The van der Waals surface area contributed by atoms with Gasteiger partial charge in [0, 0.05) is 13.2 Å². The van der Waals surface area contributed by atoms with Gasteiger partial charge in [-0.2, -0.15) is 5.10 Å². The molecule has 1 unspecified atom stereocenters. The Morgan fingerprint density at radius 3 is 2.94 bits per heavy atom. The normalized spacial score (nSPS) is 12.9. The first-order chi connectivity index (χ1) is 7.66. The number of nitrogens with zero attached hydrogens (tertiary/aromatic N) is 2. The van der Waals surface area contributed by atoms with Crippen LogP contribution in [0, 0.1) is 6.92 Å². The lowest BCUT2D eigenvalue weighted by molar-refractivity contribution is 0.139. The van der Waals surface area contributed by atoms with Crippen LogP contribution in [0.1, 0.15) is 29.4 Å². The monoisotopic (exact) mass is 220 g/mol. The van der Waals surface area contributed by atoms with Crippen molar-refractivity contribution in [2.75, 3.05) is 0 Å². The Morgan fingerprint density at radius 2 is 2.38 bits per heavy atom. The van der Waals surface area contributed by atoms with Gasteiger partial charge in [-0.3, -0.25) is 4.68 Å². The molecular weight excluding hydrogens is 204 g/mol. The van der Waals surface area contributed by atoms with Crippen molar-refractivity contribution in [1.82, 2.24) is 9.78 Å². The third kappa shape index (κ3) is 2.33. The van der Waals surface area contributed by atoms with Crippen molar-refractivity contribution in [1.29, 1.82) is 0 Å². The Kier molecular flexibility index (Phi) is 3.10. The van der Waals surface area contributed by atoms with Crippen molar-refractivity contribution < 1.29 is 9.52 Å². The molecule has 4 heteroatoms. The SMILES string of the molecule is Cc1ccoc1C(O)CCc1cnn(C)c1. The fourth-order valence-corrected chi connectivity index (χ4v) is 1.76. The molecule has 2 aromatic heterocycles. The number of aromatic nitrogens is 2. The zero-order valence-electron chi connectivity index (χ0n) is 9.55. The van der Waals surface area contributed by atoms with E-state index in [0.717, 1.165) is 17.5 Å². The minimum absolute atomic E-state index is 0.532. The molecule has 0 aliphatic rings. The first kappa shape index (κ1) is 11.0. The van der Waals surface area contributed by atoms with Crippen molar-refractivity contribution in [2.45, 2.75) is 25.9 Å². The topological polar surface area (TPSA) is 51.2 Å². The van der Waals surface area contributed by atoms with Crippen molar-refractivity contribution in [2.24, 2.45) is 7.05 Å². The van der Waals surface area contributed by atoms with Crippen LogP contribution in [0.3, 0.4) is 0 Å². The van der Waals surface area contributed by atoms with Gasteiger partial charge in [0.1, 0.15) is 11.9 Å². The van der Waals surface area contributed by atoms with Crippen LogP contribution in [0.2, 0.25) is 0 Å². The van der Waals surface area contributed by atoms with Crippen LogP contribution in [-0.2, 0) is 13.5 Å². The van der Waals surface area contributed by atoms with Crippen molar-refractivity contribution >= 4 is 0 Å². The van der Waals surface area contributed by atoms with E-state index in [4.69, 9.17) is 4.42 Å². The van der Waals surface area contributed by atoms with Gasteiger partial charge in [0.15, 0.2) is 0 Å². The van der Waals surface area contributed by atoms with E-state index in [1.54, 1.807) is 10.9 Å². The van der Waals surface area contributed by atoms with Crippen LogP contribution in [0.4, 0.5) is 0 Å². The van der Waals surface area contributed by atoms with E-state index >= 15 is 0 Å². The molecule has 1 N–H and O–H groups in total. The predicted octanol–water partition coefficient (Wildman–Crippen LogP) is 1.99. The van der Waals surface area contributed by atoms with Crippen LogP contribution >= 0.6 is 0 Å². The second-order valence-electron chi connectivity index (χ2n) is 4.04. The summed E-state index contributed by atoms with van der Waals surface area (Å²) in [4.78, 5) is 0. The summed E-state index contributed by atoms with van der Waals surface area (Å²) in [6, 6.07) is 1.86. The maximum atomic E-state index is 9.94. The van der Waals surface area contributed by atoms with Gasteiger partial charge in [-0.1, -0.05) is 0 Å². The van der Waals surface area contributed by atoms with Crippen LogP contribution in [0.25, 0.3) is 0 Å². The average molecular weight is 220 g/mol. The van der Waals surface area contributed by atoms with E-state index in [2.05, 4.69) is 5.10 Å². The fraction of sp³-hybridized carbons (Fsp3) is 0.417. The van der Waals surface area contributed by atoms with Gasteiger partial charge in [0.05, 0.1) is 12.5 Å². The van der Waals surface area contributed by atoms with Crippen LogP contribution < -0.4 is 0 Å². The van der Waals surface area contributed by atoms with E-state index in [1.807, 2.05) is 32.4 Å². The molecule has 0 bridgehead atoms. The van der Waals surface area contributed by atoms with Gasteiger partial charge in [0.25, 0.3) is 0 Å². The largest absolute Gasteiger partial charge is 0.466 e. The first-order valence-electron chi connectivity index (χ1n) is 5.36. The highest BCUT2D eigenvalue weighted by Crippen LogP contribution is 2.22. The highest BCUT2D eigenvalue weighted by molar-refractivity contribution is 5.17. The van der Waals surface area contributed by atoms with Gasteiger partial charge >= 0.3 is 0 Å². The average Bonchev–Trinajstić information content (AvgIpc) is 2.84. The molecule has 0 radical (unpaired) electrons. The number of furan rings is 1. The number of hydrogen-bond acceptors (Lipinski definition) is 3. The predicted molar refractivity (Wildman–Crippen MR) is 59.9 cm³/mol. The summed E-state index contributed by atoms with van der Waals surface area (Å²) < 4.78 is 7.01. The van der Waals surface area contributed by atoms with Crippen molar-refractivity contribution in [3.8, 4) is 0 Å². The zero-order chi connectivity index (χ0) is 11.5. The van der Waals surface area contributed by atoms with E-state index in [0.29, 0.717) is 12.2 Å². The number of aliphatic hydroxyl groups excluding tert-OH is 1. The third-order valence-corrected chi connectivity index (χ3v) is 2.67. The molecule has 0 amide bonds. The van der Waals surface area contributed by atoms with Gasteiger partial charge in [-0.05, 0) is 37.0 Å². The summed E-state index contributed by atoms with van der Waals surface area (Å²) in [5.74, 6) is 0.670. The van der Waals surface area contributed by atoms with Gasteiger partial charge in [-0.15, -0.1) is 0 Å². The van der Waals surface area contributed by atoms with Gasteiger partial charge in [-0.25, -0.2) is 0 Å². The zero-order valence-corrected chi connectivity index (χ0v) is 9.55. The second kappa shape index (κ2) is 4.53. The minimum Gasteiger partial charge on any atom is -0.466 e. The Bertz CT molecular complexity index is 459. The quantitative estimate of drug-likeness (QED) is 0.857. The van der Waals surface area contributed by atoms with E-state index < -0.39 is 6.10 Å². The van der Waals surface area contributed by atoms with Crippen molar-refractivity contribution in [3.63, 3.8) is 0 Å². The summed E-state index contributed by atoms with van der Waals surface area (Å²) in [7, 11) is 1.89. The maximum Gasteiger partial charge on any atom is 0.135 e. The van der Waals surface area contributed by atoms with Crippen LogP contribution in [0.5, 0.6) is 0 Å². The molecule has 4 nitrogen and oxygen atoms in total. The van der Waals surface area contributed by atoms with E-state index in [1.165, 1.54) is 0 Å². The molecule has 86 valence electrons. The minimum atomic E-state index is -0.532. The van der Waals surface area contributed by atoms with Crippen molar-refractivity contribution in [3.05, 3.63) is 41.6 Å². The molecule has 0 spiro atoms. The van der Waals surface area contributed by atoms with Gasteiger partial charge < -0.3 is 9.52 Å². The molecule has 0 saturated heterocycles. The molecule has 0 fully saturated rings. The molecule has 2 aromatic rings. The van der Waals surface area contributed by atoms with E-state index in [9.17, 15) is 5.11 Å². The third-order valence-electron chi connectivity index (χ3n) is 2.67. The highest BCUT2D eigenvalue weighted by Gasteiger charge is 2.13. The smallest absolute Gasteiger partial charge is 0.135 e. The lowest BCUT2D eigenvalue weighted by Crippen LogP contribution is -1.99. The highest BCUT2D eigenvalue weighted by atomic mass is 16.4. The first-order valence-corrected chi connectivity index (χ1v) is 5.36. The molecule has 2 rings (SSSR count). The Balaban J connectivity index is 1.93. The molecule has 0 aliphatic heterocycles.